The van der Waals surface area contributed by atoms with E-state index >= 15 is 0 Å². The number of hydrogen-bond donors (Lipinski definition) is 0. The predicted octanol–water partition coefficient (Wildman–Crippen LogP) is 1.64. The van der Waals surface area contributed by atoms with E-state index in [1.165, 1.54) is 17.0 Å². The summed E-state index contributed by atoms with van der Waals surface area (Å²) in [5.74, 6) is -1.66. The van der Waals surface area contributed by atoms with E-state index < -0.39 is 17.8 Å². The van der Waals surface area contributed by atoms with E-state index in [1.807, 2.05) is 4.90 Å². The fourth-order valence-electron chi connectivity index (χ4n) is 4.13. The molecular formula is C19H23FN4O3. The lowest BCUT2D eigenvalue weighted by atomic mass is 10.2. The van der Waals surface area contributed by atoms with Crippen molar-refractivity contribution in [3.63, 3.8) is 0 Å². The molecule has 1 aromatic carbocycles. The van der Waals surface area contributed by atoms with Gasteiger partial charge < -0.3 is 4.90 Å². The fourth-order valence-corrected chi connectivity index (χ4v) is 4.13. The number of piperazine rings is 1. The van der Waals surface area contributed by atoms with Crippen LogP contribution in [0.2, 0.25) is 0 Å². The molecular weight excluding hydrogens is 351 g/mol. The molecule has 2 saturated heterocycles. The maximum Gasteiger partial charge on any atom is 0.335 e. The number of halogens is 1. The molecule has 4 rings (SSSR count). The Hall–Kier alpha value is -2.48. The number of anilines is 1. The lowest BCUT2D eigenvalue weighted by Crippen LogP contribution is -2.51. The molecule has 0 bridgehead atoms. The van der Waals surface area contributed by atoms with Crippen molar-refractivity contribution in [2.45, 2.75) is 31.7 Å². The maximum atomic E-state index is 13.1. The molecule has 0 unspecified atom stereocenters. The van der Waals surface area contributed by atoms with E-state index in [9.17, 15) is 18.8 Å². The minimum Gasteiger partial charge on any atom is -0.369 e. The van der Waals surface area contributed by atoms with Crippen molar-refractivity contribution in [1.29, 1.82) is 0 Å². The van der Waals surface area contributed by atoms with Gasteiger partial charge in [0, 0.05) is 37.9 Å². The highest BCUT2D eigenvalue weighted by Gasteiger charge is 2.48. The third-order valence-electron chi connectivity index (χ3n) is 5.68. The van der Waals surface area contributed by atoms with E-state index in [2.05, 4.69) is 4.90 Å². The van der Waals surface area contributed by atoms with Gasteiger partial charge in [-0.25, -0.2) is 14.1 Å². The van der Waals surface area contributed by atoms with E-state index in [-0.39, 0.29) is 18.5 Å². The van der Waals surface area contributed by atoms with Gasteiger partial charge in [0.2, 0.25) is 0 Å². The molecule has 1 saturated carbocycles. The van der Waals surface area contributed by atoms with Gasteiger partial charge in [-0.1, -0.05) is 12.8 Å². The Morgan fingerprint density at radius 3 is 2.15 bits per heavy atom. The minimum atomic E-state index is -0.715. The number of imide groups is 2. The molecule has 3 fully saturated rings. The van der Waals surface area contributed by atoms with Crippen LogP contribution in [-0.4, -0.2) is 71.4 Å². The van der Waals surface area contributed by atoms with Crippen LogP contribution in [0.3, 0.4) is 0 Å². The Morgan fingerprint density at radius 1 is 0.889 bits per heavy atom. The average molecular weight is 374 g/mol. The van der Waals surface area contributed by atoms with Gasteiger partial charge >= 0.3 is 17.8 Å². The van der Waals surface area contributed by atoms with Gasteiger partial charge in [0.05, 0.1) is 6.67 Å². The third kappa shape index (κ3) is 3.41. The highest BCUT2D eigenvalue weighted by molar-refractivity contribution is 6.44. The number of nitrogens with zero attached hydrogens (tertiary/aromatic N) is 4. The van der Waals surface area contributed by atoms with Crippen molar-refractivity contribution in [2.24, 2.45) is 0 Å². The molecule has 0 aromatic heterocycles. The van der Waals surface area contributed by atoms with E-state index in [0.717, 1.165) is 36.3 Å². The standard InChI is InChI=1S/C19H23FN4O3/c20-14-5-7-15(8-6-14)22-11-9-21(10-12-22)13-23-17(25)18(26)24(19(23)27)16-3-1-2-4-16/h5-8,16H,1-4,9-13H2. The molecule has 4 amide bonds. The molecule has 8 heteroatoms. The van der Waals surface area contributed by atoms with Crippen LogP contribution in [-0.2, 0) is 9.59 Å². The van der Waals surface area contributed by atoms with Crippen LogP contribution in [0.25, 0.3) is 0 Å². The van der Waals surface area contributed by atoms with Crippen molar-refractivity contribution in [3.05, 3.63) is 30.1 Å². The Kier molecular flexibility index (Phi) is 4.82. The number of urea groups is 1. The number of carbonyl (C=O) groups is 3. The Bertz CT molecular complexity index is 740. The summed E-state index contributed by atoms with van der Waals surface area (Å²) in [6.07, 6.45) is 3.55. The zero-order valence-corrected chi connectivity index (χ0v) is 15.1. The third-order valence-corrected chi connectivity index (χ3v) is 5.68. The Morgan fingerprint density at radius 2 is 1.52 bits per heavy atom. The first kappa shape index (κ1) is 17.9. The summed E-state index contributed by atoms with van der Waals surface area (Å²) in [7, 11) is 0. The molecule has 2 heterocycles. The number of amides is 4. The van der Waals surface area contributed by atoms with Gasteiger partial charge in [-0.15, -0.1) is 0 Å². The molecule has 1 aromatic rings. The first-order valence-electron chi connectivity index (χ1n) is 9.46. The maximum absolute atomic E-state index is 13.1. The highest BCUT2D eigenvalue weighted by atomic mass is 19.1. The van der Waals surface area contributed by atoms with Crippen LogP contribution in [0.4, 0.5) is 14.9 Å². The van der Waals surface area contributed by atoms with Gasteiger partial charge in [-0.2, -0.15) is 0 Å². The molecule has 7 nitrogen and oxygen atoms in total. The smallest absolute Gasteiger partial charge is 0.335 e. The first-order chi connectivity index (χ1) is 13.0. The molecule has 0 radical (unpaired) electrons. The van der Waals surface area contributed by atoms with Gasteiger partial charge in [-0.05, 0) is 37.1 Å². The lowest BCUT2D eigenvalue weighted by Gasteiger charge is -2.37. The summed E-state index contributed by atoms with van der Waals surface area (Å²) in [6.45, 7) is 2.88. The zero-order chi connectivity index (χ0) is 19.0. The lowest BCUT2D eigenvalue weighted by molar-refractivity contribution is -0.144. The molecule has 3 aliphatic rings. The molecule has 0 N–H and O–H groups in total. The van der Waals surface area contributed by atoms with Gasteiger partial charge in [-0.3, -0.25) is 19.4 Å². The molecule has 0 spiro atoms. The summed E-state index contributed by atoms with van der Waals surface area (Å²) in [5, 5.41) is 0. The number of hydrogen-bond acceptors (Lipinski definition) is 5. The summed E-state index contributed by atoms with van der Waals surface area (Å²) in [4.78, 5) is 43.6. The van der Waals surface area contributed by atoms with Crippen LogP contribution in [0, 0.1) is 5.82 Å². The second-order valence-electron chi connectivity index (χ2n) is 7.35. The number of benzene rings is 1. The number of carbonyl (C=O) groups excluding carboxylic acids is 3. The average Bonchev–Trinajstić information content (AvgIpc) is 3.27. The summed E-state index contributed by atoms with van der Waals surface area (Å²) >= 11 is 0. The van der Waals surface area contributed by atoms with Crippen LogP contribution in [0.5, 0.6) is 0 Å². The normalized spacial score (nSPS) is 22.4. The summed E-state index contributed by atoms with van der Waals surface area (Å²) in [6, 6.07) is 5.76. The molecule has 0 atom stereocenters. The van der Waals surface area contributed by atoms with Crippen LogP contribution >= 0.6 is 0 Å². The summed E-state index contributed by atoms with van der Waals surface area (Å²) < 4.78 is 13.1. The fraction of sp³-hybridized carbons (Fsp3) is 0.526. The van der Waals surface area contributed by atoms with Crippen LogP contribution < -0.4 is 4.90 Å². The van der Waals surface area contributed by atoms with Crippen LogP contribution in [0.1, 0.15) is 25.7 Å². The van der Waals surface area contributed by atoms with Crippen molar-refractivity contribution in [2.75, 3.05) is 37.7 Å². The SMILES string of the molecule is O=C1C(=O)N(C2CCCC2)C(=O)N1CN1CCN(c2ccc(F)cc2)CC1. The van der Waals surface area contributed by atoms with Crippen molar-refractivity contribution in [3.8, 4) is 0 Å². The molecule has 144 valence electrons. The topological polar surface area (TPSA) is 64.2 Å². The first-order valence-corrected chi connectivity index (χ1v) is 9.46. The quantitative estimate of drug-likeness (QED) is 0.592. The highest BCUT2D eigenvalue weighted by Crippen LogP contribution is 2.28. The molecule has 2 aliphatic heterocycles. The largest absolute Gasteiger partial charge is 0.369 e. The molecule has 1 aliphatic carbocycles. The monoisotopic (exact) mass is 374 g/mol. The minimum absolute atomic E-state index is 0.130. The second-order valence-corrected chi connectivity index (χ2v) is 7.35. The second kappa shape index (κ2) is 7.26. The van der Waals surface area contributed by atoms with E-state index in [4.69, 9.17) is 0 Å². The Labute approximate surface area is 157 Å². The van der Waals surface area contributed by atoms with Gasteiger partial charge in [0.1, 0.15) is 5.82 Å². The Balaban J connectivity index is 1.36. The summed E-state index contributed by atoms with van der Waals surface area (Å²) in [5.41, 5.74) is 0.951. The van der Waals surface area contributed by atoms with Crippen molar-refractivity contribution in [1.82, 2.24) is 14.7 Å². The van der Waals surface area contributed by atoms with E-state index in [0.29, 0.717) is 26.2 Å². The van der Waals surface area contributed by atoms with Gasteiger partial charge in [0.25, 0.3) is 0 Å². The van der Waals surface area contributed by atoms with Gasteiger partial charge in [0.15, 0.2) is 0 Å². The molecule has 27 heavy (non-hydrogen) atoms. The predicted molar refractivity (Wildman–Crippen MR) is 96.4 cm³/mol. The zero-order valence-electron chi connectivity index (χ0n) is 15.1. The van der Waals surface area contributed by atoms with Crippen molar-refractivity contribution < 1.29 is 18.8 Å². The van der Waals surface area contributed by atoms with E-state index in [1.54, 1.807) is 12.1 Å². The number of rotatable bonds is 4. The van der Waals surface area contributed by atoms with Crippen molar-refractivity contribution >= 4 is 23.5 Å². The van der Waals surface area contributed by atoms with Crippen LogP contribution in [0.15, 0.2) is 24.3 Å².